The summed E-state index contributed by atoms with van der Waals surface area (Å²) < 4.78 is 42.9. The number of aromatic nitrogens is 1. The lowest BCUT2D eigenvalue weighted by Gasteiger charge is -2.14. The molecule has 5 nitrogen and oxygen atoms in total. The molecule has 1 aliphatic heterocycles. The van der Waals surface area contributed by atoms with Gasteiger partial charge in [0.15, 0.2) is 0 Å². The van der Waals surface area contributed by atoms with Gasteiger partial charge in [-0.05, 0) is 61.3 Å². The number of carbonyl (C=O) groups is 1. The number of fused-ring (bicyclic) bond motifs is 1. The number of nitrogens with zero attached hydrogens (tertiary/aromatic N) is 2. The summed E-state index contributed by atoms with van der Waals surface area (Å²) in [4.78, 5) is 19.2. The van der Waals surface area contributed by atoms with Crippen molar-refractivity contribution in [2.75, 3.05) is 18.4 Å². The SMILES string of the molecule is O=C(Oc1cccc(Nc2ccnc3cc(-c4ccc(CN5CCCC5)cc4)sc23)c1)C(F)(F)F. The Hall–Kier alpha value is -3.43. The Balaban J connectivity index is 1.35. The van der Waals surface area contributed by atoms with Gasteiger partial charge in [0.2, 0.25) is 0 Å². The minimum atomic E-state index is -5.06. The van der Waals surface area contributed by atoms with E-state index in [-0.39, 0.29) is 5.75 Å². The van der Waals surface area contributed by atoms with Crippen molar-refractivity contribution in [3.05, 3.63) is 72.4 Å². The van der Waals surface area contributed by atoms with Gasteiger partial charge in [0.25, 0.3) is 0 Å². The van der Waals surface area contributed by atoms with Crippen molar-refractivity contribution in [1.29, 1.82) is 0 Å². The second-order valence-electron chi connectivity index (χ2n) is 8.40. The Bertz CT molecular complexity index is 1350. The fraction of sp³-hybridized carbons (Fsp3) is 0.231. The van der Waals surface area contributed by atoms with E-state index in [9.17, 15) is 18.0 Å². The van der Waals surface area contributed by atoms with Crippen LogP contribution in [-0.2, 0) is 11.3 Å². The smallest absolute Gasteiger partial charge is 0.420 e. The summed E-state index contributed by atoms with van der Waals surface area (Å²) in [7, 11) is 0. The Morgan fingerprint density at radius 1 is 1.06 bits per heavy atom. The van der Waals surface area contributed by atoms with Crippen LogP contribution in [0.2, 0.25) is 0 Å². The number of benzene rings is 2. The van der Waals surface area contributed by atoms with Crippen LogP contribution in [0.4, 0.5) is 24.5 Å². The second-order valence-corrected chi connectivity index (χ2v) is 9.46. The Kier molecular flexibility index (Phi) is 6.44. The van der Waals surface area contributed by atoms with Crippen LogP contribution in [0.1, 0.15) is 18.4 Å². The van der Waals surface area contributed by atoms with Crippen LogP contribution in [0, 0.1) is 0 Å². The van der Waals surface area contributed by atoms with E-state index in [1.807, 2.05) is 6.07 Å². The average molecular weight is 498 g/mol. The maximum absolute atomic E-state index is 12.5. The van der Waals surface area contributed by atoms with Gasteiger partial charge in [-0.3, -0.25) is 9.88 Å². The first-order valence-corrected chi connectivity index (χ1v) is 12.0. The van der Waals surface area contributed by atoms with Crippen molar-refractivity contribution in [1.82, 2.24) is 9.88 Å². The third kappa shape index (κ3) is 5.47. The van der Waals surface area contributed by atoms with Crippen molar-refractivity contribution in [3.8, 4) is 16.2 Å². The highest BCUT2D eigenvalue weighted by Gasteiger charge is 2.41. The Labute approximate surface area is 204 Å². The molecule has 1 N–H and O–H groups in total. The van der Waals surface area contributed by atoms with E-state index < -0.39 is 12.1 Å². The number of hydrogen-bond donors (Lipinski definition) is 1. The number of ether oxygens (including phenoxy) is 1. The van der Waals surface area contributed by atoms with Crippen LogP contribution in [0.15, 0.2) is 66.9 Å². The molecule has 35 heavy (non-hydrogen) atoms. The first kappa shape index (κ1) is 23.3. The lowest BCUT2D eigenvalue weighted by Crippen LogP contribution is -2.27. The van der Waals surface area contributed by atoms with E-state index >= 15 is 0 Å². The van der Waals surface area contributed by atoms with Gasteiger partial charge in [-0.1, -0.05) is 30.3 Å². The van der Waals surface area contributed by atoms with Crippen LogP contribution in [-0.4, -0.2) is 35.1 Å². The predicted octanol–water partition coefficient (Wildman–Crippen LogP) is 6.77. The number of nitrogens with one attached hydrogen (secondary N) is 1. The minimum absolute atomic E-state index is 0.191. The maximum Gasteiger partial charge on any atom is 0.491 e. The molecule has 9 heteroatoms. The number of alkyl halides is 3. The summed E-state index contributed by atoms with van der Waals surface area (Å²) in [6, 6.07) is 18.3. The average Bonchev–Trinajstić information content (AvgIpc) is 3.50. The predicted molar refractivity (Wildman–Crippen MR) is 131 cm³/mol. The summed E-state index contributed by atoms with van der Waals surface area (Å²) in [5.74, 6) is -2.45. The van der Waals surface area contributed by atoms with Gasteiger partial charge >= 0.3 is 12.1 Å². The standard InChI is InChI=1S/C26H22F3N3O2S/c27-26(28,29)25(33)34-20-5-3-4-19(14-20)31-21-10-11-30-22-15-23(35-24(21)22)18-8-6-17(7-9-18)16-32-12-1-2-13-32/h3-11,14-15H,1-2,12-13,16H2,(H,30,31). The fourth-order valence-electron chi connectivity index (χ4n) is 4.11. The van der Waals surface area contributed by atoms with E-state index in [1.54, 1.807) is 29.7 Å². The van der Waals surface area contributed by atoms with Crippen LogP contribution < -0.4 is 10.1 Å². The molecule has 0 atom stereocenters. The van der Waals surface area contributed by atoms with Crippen molar-refractivity contribution < 1.29 is 22.7 Å². The van der Waals surface area contributed by atoms with Gasteiger partial charge in [0.05, 0.1) is 15.9 Å². The zero-order chi connectivity index (χ0) is 24.4. The van der Waals surface area contributed by atoms with E-state index in [1.165, 1.54) is 36.6 Å². The third-order valence-electron chi connectivity index (χ3n) is 5.81. The van der Waals surface area contributed by atoms with Gasteiger partial charge in [0.1, 0.15) is 5.75 Å². The Morgan fingerprint density at radius 2 is 1.83 bits per heavy atom. The molecule has 0 radical (unpaired) electrons. The number of hydrogen-bond acceptors (Lipinski definition) is 6. The molecule has 2 aromatic heterocycles. The molecule has 1 fully saturated rings. The molecular weight excluding hydrogens is 475 g/mol. The molecule has 3 heterocycles. The summed E-state index contributed by atoms with van der Waals surface area (Å²) in [5, 5.41) is 3.21. The quantitative estimate of drug-likeness (QED) is 0.235. The molecule has 5 rings (SSSR count). The zero-order valence-electron chi connectivity index (χ0n) is 18.6. The molecule has 0 amide bonds. The highest BCUT2D eigenvalue weighted by molar-refractivity contribution is 7.22. The first-order valence-electron chi connectivity index (χ1n) is 11.2. The van der Waals surface area contributed by atoms with Crippen molar-refractivity contribution >= 4 is 38.9 Å². The molecule has 4 aromatic rings. The lowest BCUT2D eigenvalue weighted by atomic mass is 10.1. The van der Waals surface area contributed by atoms with E-state index in [2.05, 4.69) is 44.2 Å². The normalized spacial score (nSPS) is 14.4. The summed E-state index contributed by atoms with van der Waals surface area (Å²) >= 11 is 1.58. The third-order valence-corrected chi connectivity index (χ3v) is 7.02. The number of anilines is 2. The minimum Gasteiger partial charge on any atom is -0.420 e. The maximum atomic E-state index is 12.5. The number of likely N-dealkylation sites (tertiary alicyclic amines) is 1. The second kappa shape index (κ2) is 9.67. The number of halogens is 3. The molecule has 0 unspecified atom stereocenters. The van der Waals surface area contributed by atoms with Crippen molar-refractivity contribution in [2.45, 2.75) is 25.6 Å². The number of thiophene rings is 1. The Morgan fingerprint density at radius 3 is 2.57 bits per heavy atom. The molecule has 0 bridgehead atoms. The van der Waals surface area contributed by atoms with Crippen molar-refractivity contribution in [2.24, 2.45) is 0 Å². The lowest BCUT2D eigenvalue weighted by molar-refractivity contribution is -0.189. The number of rotatable bonds is 6. The monoisotopic (exact) mass is 497 g/mol. The molecule has 1 aliphatic rings. The molecule has 0 spiro atoms. The van der Waals surface area contributed by atoms with E-state index in [0.717, 1.165) is 46.0 Å². The largest absolute Gasteiger partial charge is 0.491 e. The molecule has 1 saturated heterocycles. The van der Waals surface area contributed by atoms with Crippen molar-refractivity contribution in [3.63, 3.8) is 0 Å². The van der Waals surface area contributed by atoms with E-state index in [0.29, 0.717) is 5.69 Å². The van der Waals surface area contributed by atoms with Gasteiger partial charge in [-0.2, -0.15) is 13.2 Å². The zero-order valence-corrected chi connectivity index (χ0v) is 19.5. The van der Waals surface area contributed by atoms with E-state index in [4.69, 9.17) is 0 Å². The van der Waals surface area contributed by atoms with Gasteiger partial charge in [-0.15, -0.1) is 11.3 Å². The van der Waals surface area contributed by atoms with Gasteiger partial charge in [-0.25, -0.2) is 4.79 Å². The summed E-state index contributed by atoms with van der Waals surface area (Å²) in [5.41, 5.74) is 4.46. The molecule has 0 aliphatic carbocycles. The van der Waals surface area contributed by atoms with Gasteiger partial charge < -0.3 is 10.1 Å². The summed E-state index contributed by atoms with van der Waals surface area (Å²) in [6.07, 6.45) is -0.841. The molecular formula is C26H22F3N3O2S. The number of pyridine rings is 1. The first-order chi connectivity index (χ1) is 16.8. The molecule has 2 aromatic carbocycles. The highest BCUT2D eigenvalue weighted by atomic mass is 32.1. The number of carbonyl (C=O) groups excluding carboxylic acids is 1. The summed E-state index contributed by atoms with van der Waals surface area (Å²) in [6.45, 7) is 3.29. The van der Waals surface area contributed by atoms with Crippen LogP contribution >= 0.6 is 11.3 Å². The topological polar surface area (TPSA) is 54.5 Å². The van der Waals surface area contributed by atoms with Crippen LogP contribution in [0.3, 0.4) is 0 Å². The van der Waals surface area contributed by atoms with Gasteiger partial charge in [0, 0.05) is 29.4 Å². The number of esters is 1. The highest BCUT2D eigenvalue weighted by Crippen LogP contribution is 2.38. The van der Waals surface area contributed by atoms with Crippen LogP contribution in [0.25, 0.3) is 20.7 Å². The molecule has 0 saturated carbocycles. The van der Waals surface area contributed by atoms with Crippen LogP contribution in [0.5, 0.6) is 5.75 Å². The molecule has 180 valence electrons. The fourth-order valence-corrected chi connectivity index (χ4v) is 5.20.